The van der Waals surface area contributed by atoms with E-state index < -0.39 is 5.09 Å². The molecule has 0 aliphatic heterocycles. The summed E-state index contributed by atoms with van der Waals surface area (Å²) in [6.45, 7) is 0. The van der Waals surface area contributed by atoms with Crippen LogP contribution >= 0.6 is 0 Å². The summed E-state index contributed by atoms with van der Waals surface area (Å²) < 4.78 is 0. The Hall–Kier alpha value is -5.59. The SMILES string of the molecule is O=[N+]([O-])[O-].[Co+3].[N-]=[N+]=[N-].[N-]=[N+]=[N-].c1cnc2c(c1)ccc1cccnc12.c1cnc2c(c1)ccc1cccnc12. The molecule has 0 saturated heterocycles. The molecule has 39 heavy (non-hydrogen) atoms. The standard InChI is InChI=1S/2C12H8N2.Co.2N3.NO3/c2*1-3-9-5-6-10-4-2-8-14-12(10)11(9)13-7-1;;2*1-3-2;2-1(3)4/h2*1-8H;;;;/q;;+3;3*-1. The summed E-state index contributed by atoms with van der Waals surface area (Å²) in [4.78, 5) is 28.6. The number of rotatable bonds is 0. The van der Waals surface area contributed by atoms with E-state index in [2.05, 4.69) is 68.5 Å². The van der Waals surface area contributed by atoms with Gasteiger partial charge in [-0.15, -0.1) is 0 Å². The Bertz CT molecular complexity index is 1500. The van der Waals surface area contributed by atoms with Crippen molar-refractivity contribution in [3.8, 4) is 0 Å². The van der Waals surface area contributed by atoms with Crippen molar-refractivity contribution in [1.82, 2.24) is 19.9 Å². The third-order valence-corrected chi connectivity index (χ3v) is 4.69. The van der Waals surface area contributed by atoms with Crippen molar-refractivity contribution in [2.45, 2.75) is 0 Å². The molecule has 0 saturated carbocycles. The second kappa shape index (κ2) is 17.0. The van der Waals surface area contributed by atoms with Gasteiger partial charge in [-0.05, 0) is 24.3 Å². The van der Waals surface area contributed by atoms with Crippen LogP contribution in [0.15, 0.2) is 97.6 Å². The molecule has 0 N–H and O–H groups in total. The number of nitrogens with zero attached hydrogens (tertiary/aromatic N) is 11. The topological polar surface area (TPSA) is 235 Å². The summed E-state index contributed by atoms with van der Waals surface area (Å²) in [7, 11) is 0. The van der Waals surface area contributed by atoms with Crippen LogP contribution in [0.2, 0.25) is 0 Å². The number of hydrogen-bond donors (Lipinski definition) is 0. The van der Waals surface area contributed by atoms with Crippen LogP contribution in [0.4, 0.5) is 0 Å². The average Bonchev–Trinajstić information content (AvgIpc) is 2.94. The van der Waals surface area contributed by atoms with Crippen molar-refractivity contribution in [2.75, 3.05) is 0 Å². The summed E-state index contributed by atoms with van der Waals surface area (Å²) in [5, 5.41) is 19.3. The summed E-state index contributed by atoms with van der Waals surface area (Å²) in [5.74, 6) is 0. The van der Waals surface area contributed by atoms with Gasteiger partial charge in [-0.3, -0.25) is 29.8 Å². The van der Waals surface area contributed by atoms with Gasteiger partial charge in [-0.25, -0.2) is 0 Å². The zero-order valence-electron chi connectivity index (χ0n) is 19.7. The van der Waals surface area contributed by atoms with E-state index in [1.54, 1.807) is 24.8 Å². The summed E-state index contributed by atoms with van der Waals surface area (Å²) in [5.41, 5.74) is 30.9. The molecule has 4 aromatic heterocycles. The Balaban J connectivity index is 0.000000288. The summed E-state index contributed by atoms with van der Waals surface area (Å²) in [6.07, 6.45) is 7.21. The van der Waals surface area contributed by atoms with E-state index in [1.807, 2.05) is 24.3 Å². The molecule has 0 aliphatic rings. The zero-order chi connectivity index (χ0) is 27.8. The fourth-order valence-corrected chi connectivity index (χ4v) is 3.36. The Kier molecular flexibility index (Phi) is 13.7. The Morgan fingerprint density at radius 1 is 0.513 bits per heavy atom. The molecule has 4 heterocycles. The second-order valence-electron chi connectivity index (χ2n) is 6.83. The van der Waals surface area contributed by atoms with E-state index in [1.165, 1.54) is 9.82 Å². The van der Waals surface area contributed by atoms with Crippen LogP contribution in [-0.4, -0.2) is 25.0 Å². The maximum Gasteiger partial charge on any atom is 3.00 e. The second-order valence-corrected chi connectivity index (χ2v) is 6.83. The van der Waals surface area contributed by atoms with Crippen molar-refractivity contribution in [3.05, 3.63) is 145 Å². The van der Waals surface area contributed by atoms with Crippen LogP contribution in [0.3, 0.4) is 0 Å². The van der Waals surface area contributed by atoms with Gasteiger partial charge in [0.2, 0.25) is 0 Å². The first-order valence-electron chi connectivity index (χ1n) is 10.4. The molecule has 15 heteroatoms. The minimum Gasteiger partial charge on any atom is -0.373 e. The first-order valence-corrected chi connectivity index (χ1v) is 10.4. The van der Waals surface area contributed by atoms with Gasteiger partial charge in [0.05, 0.1) is 27.2 Å². The molecule has 0 fully saturated rings. The van der Waals surface area contributed by atoms with Crippen molar-refractivity contribution in [2.24, 2.45) is 0 Å². The minimum atomic E-state index is -1.75. The van der Waals surface area contributed by atoms with Gasteiger partial charge in [0, 0.05) is 46.3 Å². The number of hydrogen-bond acceptors (Lipinski definition) is 7. The third kappa shape index (κ3) is 9.42. The number of benzene rings is 2. The molecule has 0 bridgehead atoms. The molecule has 14 nitrogen and oxygen atoms in total. The first-order chi connectivity index (χ1) is 18.5. The van der Waals surface area contributed by atoms with E-state index in [4.69, 9.17) is 37.4 Å². The summed E-state index contributed by atoms with van der Waals surface area (Å²) >= 11 is 0. The van der Waals surface area contributed by atoms with Gasteiger partial charge in [-0.1, -0.05) is 48.5 Å². The number of pyridine rings is 4. The van der Waals surface area contributed by atoms with E-state index in [0.717, 1.165) is 43.6 Å². The van der Waals surface area contributed by atoms with Crippen LogP contribution < -0.4 is 0 Å². The van der Waals surface area contributed by atoms with Crippen molar-refractivity contribution in [3.63, 3.8) is 0 Å². The smallest absolute Gasteiger partial charge is 0.373 e. The number of aromatic nitrogens is 4. The Labute approximate surface area is 230 Å². The van der Waals surface area contributed by atoms with Crippen molar-refractivity contribution in [1.29, 1.82) is 0 Å². The van der Waals surface area contributed by atoms with Gasteiger partial charge in [-0.2, -0.15) is 0 Å². The van der Waals surface area contributed by atoms with Crippen molar-refractivity contribution >= 4 is 43.6 Å². The van der Waals surface area contributed by atoms with E-state index in [9.17, 15) is 0 Å². The maximum absolute atomic E-state index is 8.25. The fourth-order valence-electron chi connectivity index (χ4n) is 3.36. The normalized spacial score (nSPS) is 8.82. The fraction of sp³-hybridized carbons (Fsp3) is 0. The molecule has 0 amide bonds. The van der Waals surface area contributed by atoms with E-state index in [0.29, 0.717) is 0 Å². The quantitative estimate of drug-likeness (QED) is 0.0463. The molecule has 0 radical (unpaired) electrons. The third-order valence-electron chi connectivity index (χ3n) is 4.69. The molecule has 0 unspecified atom stereocenters. The molecule has 0 atom stereocenters. The molecule has 6 rings (SSSR count). The molecule has 2 aromatic carbocycles. The number of fused-ring (bicyclic) bond motifs is 6. The Morgan fingerprint density at radius 2 is 0.692 bits per heavy atom. The van der Waals surface area contributed by atoms with Crippen LogP contribution in [0.25, 0.3) is 75.6 Å². The largest absolute Gasteiger partial charge is 3.00 e. The summed E-state index contributed by atoms with van der Waals surface area (Å²) in [6, 6.07) is 24.3. The van der Waals surface area contributed by atoms with E-state index in [-0.39, 0.29) is 16.8 Å². The molecule has 194 valence electrons. The first kappa shape index (κ1) is 31.4. The van der Waals surface area contributed by atoms with Gasteiger partial charge < -0.3 is 37.4 Å². The van der Waals surface area contributed by atoms with Gasteiger partial charge in [0.1, 0.15) is 0 Å². The minimum absolute atomic E-state index is 0. The molecule has 0 aliphatic carbocycles. The van der Waals surface area contributed by atoms with E-state index >= 15 is 0 Å². The predicted molar refractivity (Wildman–Crippen MR) is 145 cm³/mol. The molecule has 0 spiro atoms. The van der Waals surface area contributed by atoms with Crippen LogP contribution in [0.5, 0.6) is 0 Å². The van der Waals surface area contributed by atoms with Gasteiger partial charge >= 0.3 is 16.8 Å². The van der Waals surface area contributed by atoms with Crippen LogP contribution in [0.1, 0.15) is 0 Å². The van der Waals surface area contributed by atoms with Crippen molar-refractivity contribution < 1.29 is 21.9 Å². The van der Waals surface area contributed by atoms with Crippen LogP contribution in [0, 0.1) is 15.3 Å². The predicted octanol–water partition coefficient (Wildman–Crippen LogP) is 7.06. The average molecular weight is 565 g/mol. The van der Waals surface area contributed by atoms with Crippen LogP contribution in [-0.2, 0) is 16.8 Å². The monoisotopic (exact) mass is 565 g/mol. The molecular formula is C24H16CoN11O3. The van der Waals surface area contributed by atoms with Gasteiger partial charge in [0.25, 0.3) is 0 Å². The molecular weight excluding hydrogens is 549 g/mol. The molecule has 6 aromatic rings. The van der Waals surface area contributed by atoms with Gasteiger partial charge in [0.15, 0.2) is 0 Å². The maximum atomic E-state index is 8.25. The Morgan fingerprint density at radius 3 is 0.872 bits per heavy atom. The zero-order valence-corrected chi connectivity index (χ0v) is 20.8.